The van der Waals surface area contributed by atoms with E-state index in [9.17, 15) is 9.90 Å². The number of aryl methyl sites for hydroxylation is 2. The monoisotopic (exact) mass is 338 g/mol. The number of hydrogen-bond acceptors (Lipinski definition) is 3. The van der Waals surface area contributed by atoms with Crippen molar-refractivity contribution in [2.24, 2.45) is 0 Å². The van der Waals surface area contributed by atoms with E-state index >= 15 is 0 Å². The van der Waals surface area contributed by atoms with Crippen molar-refractivity contribution >= 4 is 11.7 Å². The van der Waals surface area contributed by atoms with Gasteiger partial charge in [-0.1, -0.05) is 42.0 Å². The Bertz CT molecular complexity index is 722. The van der Waals surface area contributed by atoms with Gasteiger partial charge in [-0.05, 0) is 43.5 Å². The second-order valence-electron chi connectivity index (χ2n) is 6.85. The maximum Gasteiger partial charge on any atom is 0.321 e. The fraction of sp³-hybridized carbons (Fsp3) is 0.381. The molecule has 1 saturated heterocycles. The van der Waals surface area contributed by atoms with Gasteiger partial charge in [0.25, 0.3) is 0 Å². The van der Waals surface area contributed by atoms with Gasteiger partial charge in [-0.15, -0.1) is 0 Å². The van der Waals surface area contributed by atoms with Gasteiger partial charge in [0.05, 0.1) is 0 Å². The highest BCUT2D eigenvalue weighted by molar-refractivity contribution is 5.74. The minimum Gasteiger partial charge on any atom is -0.480 e. The maximum atomic E-state index is 11.9. The van der Waals surface area contributed by atoms with Crippen LogP contribution in [0.15, 0.2) is 48.5 Å². The molecule has 25 heavy (non-hydrogen) atoms. The second-order valence-corrected chi connectivity index (χ2v) is 6.85. The smallest absolute Gasteiger partial charge is 0.321 e. The summed E-state index contributed by atoms with van der Waals surface area (Å²) in [4.78, 5) is 16.3. The molecule has 3 rings (SSSR count). The van der Waals surface area contributed by atoms with Crippen LogP contribution in [0.4, 0.5) is 5.69 Å². The van der Waals surface area contributed by atoms with E-state index in [1.807, 2.05) is 18.2 Å². The minimum absolute atomic E-state index is 0.459. The standard InChI is InChI=1S/C21H26N2O2/c1-16-8-9-18(17(2)14-16)15-20(21(24)25)23-12-10-22(11-13-23)19-6-4-3-5-7-19/h3-9,14,20H,10-13,15H2,1-2H3,(H,24,25)/t20-/m0/s1. The minimum atomic E-state index is -0.729. The summed E-state index contributed by atoms with van der Waals surface area (Å²) in [6.07, 6.45) is 0.562. The first-order valence-electron chi connectivity index (χ1n) is 8.87. The summed E-state index contributed by atoms with van der Waals surface area (Å²) in [6, 6.07) is 16.1. The summed E-state index contributed by atoms with van der Waals surface area (Å²) in [5.74, 6) is -0.729. The number of carboxylic acids is 1. The number of carbonyl (C=O) groups is 1. The molecule has 132 valence electrons. The van der Waals surface area contributed by atoms with E-state index in [0.29, 0.717) is 6.42 Å². The SMILES string of the molecule is Cc1ccc(C[C@@H](C(=O)O)N2CCN(c3ccccc3)CC2)c(C)c1. The third-order valence-corrected chi connectivity index (χ3v) is 5.07. The molecule has 0 saturated carbocycles. The Balaban J connectivity index is 1.67. The van der Waals surface area contributed by atoms with Gasteiger partial charge < -0.3 is 10.0 Å². The van der Waals surface area contributed by atoms with Crippen molar-refractivity contribution in [2.75, 3.05) is 31.1 Å². The molecule has 2 aromatic carbocycles. The molecule has 2 aromatic rings. The summed E-state index contributed by atoms with van der Waals surface area (Å²) in [5.41, 5.74) is 4.73. The van der Waals surface area contributed by atoms with Crippen LogP contribution < -0.4 is 4.90 Å². The fourth-order valence-corrected chi connectivity index (χ4v) is 3.59. The van der Waals surface area contributed by atoms with Crippen molar-refractivity contribution < 1.29 is 9.90 Å². The quantitative estimate of drug-likeness (QED) is 0.910. The molecular formula is C21H26N2O2. The highest BCUT2D eigenvalue weighted by Gasteiger charge is 2.29. The van der Waals surface area contributed by atoms with Crippen molar-refractivity contribution in [1.82, 2.24) is 4.90 Å². The lowest BCUT2D eigenvalue weighted by Crippen LogP contribution is -2.53. The van der Waals surface area contributed by atoms with Gasteiger partial charge in [0, 0.05) is 31.9 Å². The number of aliphatic carboxylic acids is 1. The van der Waals surface area contributed by atoms with Gasteiger partial charge in [-0.25, -0.2) is 0 Å². The number of hydrogen-bond donors (Lipinski definition) is 1. The van der Waals surface area contributed by atoms with Crippen LogP contribution in [0, 0.1) is 13.8 Å². The van der Waals surface area contributed by atoms with Crippen LogP contribution in [0.1, 0.15) is 16.7 Å². The first-order valence-corrected chi connectivity index (χ1v) is 8.87. The summed E-state index contributed by atoms with van der Waals surface area (Å²) in [6.45, 7) is 7.40. The van der Waals surface area contributed by atoms with E-state index in [2.05, 4.69) is 54.0 Å². The first kappa shape index (κ1) is 17.5. The van der Waals surface area contributed by atoms with Crippen LogP contribution in [0.25, 0.3) is 0 Å². The van der Waals surface area contributed by atoms with Crippen LogP contribution >= 0.6 is 0 Å². The molecule has 1 aliphatic heterocycles. The van der Waals surface area contributed by atoms with E-state index < -0.39 is 12.0 Å². The molecule has 0 aliphatic carbocycles. The molecule has 1 atom stereocenters. The number of nitrogens with zero attached hydrogens (tertiary/aromatic N) is 2. The van der Waals surface area contributed by atoms with Crippen LogP contribution in [-0.2, 0) is 11.2 Å². The average Bonchev–Trinajstić information content (AvgIpc) is 2.62. The maximum absolute atomic E-state index is 11.9. The van der Waals surface area contributed by atoms with E-state index in [1.54, 1.807) is 0 Å². The lowest BCUT2D eigenvalue weighted by Gasteiger charge is -2.39. The Kier molecular flexibility index (Phi) is 5.39. The van der Waals surface area contributed by atoms with Crippen LogP contribution in [0.3, 0.4) is 0 Å². The van der Waals surface area contributed by atoms with Gasteiger partial charge in [0.15, 0.2) is 0 Å². The Hall–Kier alpha value is -2.33. The summed E-state index contributed by atoms with van der Waals surface area (Å²) >= 11 is 0. The number of anilines is 1. The number of benzene rings is 2. The van der Waals surface area contributed by atoms with Crippen molar-refractivity contribution in [3.63, 3.8) is 0 Å². The zero-order valence-electron chi connectivity index (χ0n) is 15.0. The van der Waals surface area contributed by atoms with E-state index in [1.165, 1.54) is 16.8 Å². The van der Waals surface area contributed by atoms with Gasteiger partial charge in [0.2, 0.25) is 0 Å². The third kappa shape index (κ3) is 4.20. The van der Waals surface area contributed by atoms with Crippen molar-refractivity contribution in [1.29, 1.82) is 0 Å². The summed E-state index contributed by atoms with van der Waals surface area (Å²) in [5, 5.41) is 9.76. The number of para-hydroxylation sites is 1. The molecule has 0 spiro atoms. The molecule has 0 bridgehead atoms. The molecule has 0 unspecified atom stereocenters. The Labute approximate surface area is 149 Å². The molecule has 1 heterocycles. The normalized spacial score (nSPS) is 16.6. The van der Waals surface area contributed by atoms with Crippen LogP contribution in [0.5, 0.6) is 0 Å². The van der Waals surface area contributed by atoms with Crippen molar-refractivity contribution in [3.05, 3.63) is 65.2 Å². The van der Waals surface area contributed by atoms with Crippen molar-refractivity contribution in [3.8, 4) is 0 Å². The lowest BCUT2D eigenvalue weighted by atomic mass is 9.98. The zero-order valence-corrected chi connectivity index (χ0v) is 15.0. The van der Waals surface area contributed by atoms with Crippen molar-refractivity contribution in [2.45, 2.75) is 26.3 Å². The van der Waals surface area contributed by atoms with Gasteiger partial charge in [0.1, 0.15) is 6.04 Å². The van der Waals surface area contributed by atoms with Gasteiger partial charge >= 0.3 is 5.97 Å². The van der Waals surface area contributed by atoms with E-state index in [0.717, 1.165) is 31.7 Å². The molecule has 1 fully saturated rings. The molecule has 4 nitrogen and oxygen atoms in total. The highest BCUT2D eigenvalue weighted by atomic mass is 16.4. The van der Waals surface area contributed by atoms with E-state index in [-0.39, 0.29) is 0 Å². The molecule has 0 radical (unpaired) electrons. The summed E-state index contributed by atoms with van der Waals surface area (Å²) in [7, 11) is 0. The number of rotatable bonds is 5. The predicted octanol–water partition coefficient (Wildman–Crippen LogP) is 3.12. The molecule has 4 heteroatoms. The third-order valence-electron chi connectivity index (χ3n) is 5.07. The first-order chi connectivity index (χ1) is 12.0. The summed E-state index contributed by atoms with van der Waals surface area (Å²) < 4.78 is 0. The number of carboxylic acid groups (broad SMARTS) is 1. The van der Waals surface area contributed by atoms with Gasteiger partial charge in [-0.3, -0.25) is 9.69 Å². The average molecular weight is 338 g/mol. The largest absolute Gasteiger partial charge is 0.480 e. The Morgan fingerprint density at radius 1 is 1.04 bits per heavy atom. The van der Waals surface area contributed by atoms with Gasteiger partial charge in [-0.2, -0.15) is 0 Å². The highest BCUT2D eigenvalue weighted by Crippen LogP contribution is 2.20. The molecule has 1 N–H and O–H groups in total. The number of piperazine rings is 1. The zero-order chi connectivity index (χ0) is 17.8. The fourth-order valence-electron chi connectivity index (χ4n) is 3.59. The molecular weight excluding hydrogens is 312 g/mol. The van der Waals surface area contributed by atoms with Crippen LogP contribution in [0.2, 0.25) is 0 Å². The van der Waals surface area contributed by atoms with E-state index in [4.69, 9.17) is 0 Å². The van der Waals surface area contributed by atoms with Crippen LogP contribution in [-0.4, -0.2) is 48.2 Å². The second kappa shape index (κ2) is 7.70. The molecule has 0 aromatic heterocycles. The topological polar surface area (TPSA) is 43.8 Å². The molecule has 0 amide bonds. The Morgan fingerprint density at radius 3 is 2.32 bits per heavy atom. The Morgan fingerprint density at radius 2 is 1.72 bits per heavy atom. The predicted molar refractivity (Wildman–Crippen MR) is 101 cm³/mol. The lowest BCUT2D eigenvalue weighted by molar-refractivity contribution is -0.143. The molecule has 1 aliphatic rings.